The molecule has 3 rings (SSSR count). The first-order valence-electron chi connectivity index (χ1n) is 9.60. The first-order valence-corrected chi connectivity index (χ1v) is 11.1. The average Bonchev–Trinajstić information content (AvgIpc) is 2.73. The van der Waals surface area contributed by atoms with E-state index in [1.165, 1.54) is 24.3 Å². The van der Waals surface area contributed by atoms with Crippen LogP contribution in [-0.4, -0.2) is 58.8 Å². The molecule has 1 heterocycles. The van der Waals surface area contributed by atoms with Crippen molar-refractivity contribution in [3.63, 3.8) is 0 Å². The third-order valence-electron chi connectivity index (χ3n) is 4.57. The molecule has 0 spiro atoms. The molecule has 0 bridgehead atoms. The van der Waals surface area contributed by atoms with Crippen LogP contribution in [0, 0.1) is 0 Å². The van der Waals surface area contributed by atoms with Gasteiger partial charge in [-0.05, 0) is 42.0 Å². The molecule has 0 aromatic heterocycles. The highest BCUT2D eigenvalue weighted by molar-refractivity contribution is 7.89. The second-order valence-electron chi connectivity index (χ2n) is 6.83. The maximum Gasteiger partial charge on any atom is 0.319 e. The Kier molecular flexibility index (Phi) is 7.63. The normalized spacial score (nSPS) is 14.8. The Balaban J connectivity index is 1.43. The van der Waals surface area contributed by atoms with Crippen LogP contribution in [0.4, 0.5) is 10.5 Å². The van der Waals surface area contributed by atoms with Gasteiger partial charge in [0.2, 0.25) is 10.0 Å². The zero-order chi connectivity index (χ0) is 21.4. The highest BCUT2D eigenvalue weighted by atomic mass is 32.2. The standard InChI is InChI=1S/C20H26N4O5S/c21-30(26,27)19-6-4-17(5-7-19)23-20(25)22-15-16-2-1-3-18(14-16)29-13-10-24-8-11-28-12-9-24/h1-7,14H,8-13,15H2,(H2,21,26,27)(H2,22,23,25). The van der Waals surface area contributed by atoms with E-state index in [-0.39, 0.29) is 4.90 Å². The summed E-state index contributed by atoms with van der Waals surface area (Å²) in [5.74, 6) is 0.751. The van der Waals surface area contributed by atoms with Gasteiger partial charge in [0, 0.05) is 31.9 Å². The van der Waals surface area contributed by atoms with Crippen LogP contribution in [-0.2, 0) is 21.3 Å². The number of rotatable bonds is 8. The lowest BCUT2D eigenvalue weighted by atomic mass is 10.2. The van der Waals surface area contributed by atoms with Crippen LogP contribution in [0.2, 0.25) is 0 Å². The van der Waals surface area contributed by atoms with Gasteiger partial charge in [0.05, 0.1) is 18.1 Å². The van der Waals surface area contributed by atoms with Gasteiger partial charge in [0.15, 0.2) is 0 Å². The van der Waals surface area contributed by atoms with E-state index in [0.29, 0.717) is 18.8 Å². The van der Waals surface area contributed by atoms with Crippen molar-refractivity contribution in [1.29, 1.82) is 0 Å². The lowest BCUT2D eigenvalue weighted by Crippen LogP contribution is -2.38. The molecule has 1 aliphatic heterocycles. The van der Waals surface area contributed by atoms with Crippen molar-refractivity contribution in [3.05, 3.63) is 54.1 Å². The number of morpholine rings is 1. The molecule has 0 atom stereocenters. The number of ether oxygens (including phenoxy) is 2. The number of urea groups is 1. The maximum atomic E-state index is 12.1. The number of hydrogen-bond acceptors (Lipinski definition) is 6. The minimum absolute atomic E-state index is 0.0149. The molecule has 1 aliphatic rings. The van der Waals surface area contributed by atoms with Crippen molar-refractivity contribution in [1.82, 2.24) is 10.2 Å². The predicted molar refractivity (Wildman–Crippen MR) is 113 cm³/mol. The van der Waals surface area contributed by atoms with Crippen molar-refractivity contribution in [3.8, 4) is 5.75 Å². The number of carbonyl (C=O) groups excluding carboxylic acids is 1. The third-order valence-corrected chi connectivity index (χ3v) is 5.50. The third kappa shape index (κ3) is 6.99. The summed E-state index contributed by atoms with van der Waals surface area (Å²) in [6.45, 7) is 5.13. The second kappa shape index (κ2) is 10.4. The Bertz CT molecular complexity index is 944. The first kappa shape index (κ1) is 22.0. The van der Waals surface area contributed by atoms with Gasteiger partial charge in [-0.25, -0.2) is 18.4 Å². The molecule has 2 aromatic rings. The lowest BCUT2D eigenvalue weighted by Gasteiger charge is -2.26. The van der Waals surface area contributed by atoms with E-state index < -0.39 is 16.1 Å². The molecule has 1 fully saturated rings. The van der Waals surface area contributed by atoms with Crippen molar-refractivity contribution >= 4 is 21.7 Å². The van der Waals surface area contributed by atoms with E-state index in [9.17, 15) is 13.2 Å². The number of nitrogens with two attached hydrogens (primary N) is 1. The summed E-state index contributed by atoms with van der Waals surface area (Å²) in [6, 6.07) is 12.8. The monoisotopic (exact) mass is 434 g/mol. The Morgan fingerprint density at radius 2 is 1.87 bits per heavy atom. The van der Waals surface area contributed by atoms with Gasteiger partial charge in [0.25, 0.3) is 0 Å². The number of carbonyl (C=O) groups is 1. The Morgan fingerprint density at radius 3 is 2.57 bits per heavy atom. The van der Waals surface area contributed by atoms with Crippen LogP contribution in [0.15, 0.2) is 53.4 Å². The number of amides is 2. The van der Waals surface area contributed by atoms with Crippen molar-refractivity contribution < 1.29 is 22.7 Å². The molecule has 2 aromatic carbocycles. The molecule has 9 nitrogen and oxygen atoms in total. The van der Waals surface area contributed by atoms with Gasteiger partial charge in [-0.2, -0.15) is 0 Å². The molecule has 10 heteroatoms. The summed E-state index contributed by atoms with van der Waals surface area (Å²) in [7, 11) is -3.76. The van der Waals surface area contributed by atoms with E-state index in [1.54, 1.807) is 0 Å². The first-order chi connectivity index (χ1) is 14.4. The summed E-state index contributed by atoms with van der Waals surface area (Å²) in [6.07, 6.45) is 0. The molecular formula is C20H26N4O5S. The number of hydrogen-bond donors (Lipinski definition) is 3. The molecular weight excluding hydrogens is 408 g/mol. The molecule has 2 amide bonds. The number of nitrogens with one attached hydrogen (secondary N) is 2. The Hall–Kier alpha value is -2.66. The minimum Gasteiger partial charge on any atom is -0.492 e. The van der Waals surface area contributed by atoms with Crippen LogP contribution in [0.5, 0.6) is 5.75 Å². The van der Waals surface area contributed by atoms with Crippen molar-refractivity contribution in [2.45, 2.75) is 11.4 Å². The summed E-state index contributed by atoms with van der Waals surface area (Å²) in [4.78, 5) is 14.4. The van der Waals surface area contributed by atoms with Gasteiger partial charge >= 0.3 is 6.03 Å². The van der Waals surface area contributed by atoms with E-state index in [2.05, 4.69) is 15.5 Å². The Labute approximate surface area is 176 Å². The quantitative estimate of drug-likeness (QED) is 0.577. The van der Waals surface area contributed by atoms with Gasteiger partial charge in [-0.1, -0.05) is 12.1 Å². The smallest absolute Gasteiger partial charge is 0.319 e. The zero-order valence-electron chi connectivity index (χ0n) is 16.5. The fourth-order valence-corrected chi connectivity index (χ4v) is 3.46. The van der Waals surface area contributed by atoms with E-state index >= 15 is 0 Å². The van der Waals surface area contributed by atoms with Crippen LogP contribution >= 0.6 is 0 Å². The second-order valence-corrected chi connectivity index (χ2v) is 8.39. The highest BCUT2D eigenvalue weighted by Gasteiger charge is 2.10. The minimum atomic E-state index is -3.76. The summed E-state index contributed by atoms with van der Waals surface area (Å²) in [5, 5.41) is 10.5. The van der Waals surface area contributed by atoms with Gasteiger partial charge in [0.1, 0.15) is 12.4 Å². The molecule has 30 heavy (non-hydrogen) atoms. The highest BCUT2D eigenvalue weighted by Crippen LogP contribution is 2.14. The van der Waals surface area contributed by atoms with Crippen LogP contribution < -0.4 is 20.5 Å². The molecule has 1 saturated heterocycles. The fraction of sp³-hybridized carbons (Fsp3) is 0.350. The molecule has 0 radical (unpaired) electrons. The van der Waals surface area contributed by atoms with E-state index in [0.717, 1.165) is 44.2 Å². The van der Waals surface area contributed by atoms with Gasteiger partial charge < -0.3 is 20.1 Å². The Morgan fingerprint density at radius 1 is 1.13 bits per heavy atom. The fourth-order valence-electron chi connectivity index (χ4n) is 2.95. The van der Waals surface area contributed by atoms with Crippen LogP contribution in [0.25, 0.3) is 0 Å². The average molecular weight is 435 g/mol. The number of benzene rings is 2. The number of nitrogens with zero attached hydrogens (tertiary/aromatic N) is 1. The zero-order valence-corrected chi connectivity index (χ0v) is 17.4. The topological polar surface area (TPSA) is 123 Å². The van der Waals surface area contributed by atoms with Crippen LogP contribution in [0.1, 0.15) is 5.56 Å². The van der Waals surface area contributed by atoms with E-state index in [1.807, 2.05) is 24.3 Å². The lowest BCUT2D eigenvalue weighted by molar-refractivity contribution is 0.0322. The van der Waals surface area contributed by atoms with Gasteiger partial charge in [-0.15, -0.1) is 0 Å². The van der Waals surface area contributed by atoms with Gasteiger partial charge in [-0.3, -0.25) is 4.90 Å². The summed E-state index contributed by atoms with van der Waals surface area (Å²) >= 11 is 0. The summed E-state index contributed by atoms with van der Waals surface area (Å²) in [5.41, 5.74) is 1.36. The number of anilines is 1. The molecule has 0 unspecified atom stereocenters. The number of primary sulfonamides is 1. The van der Waals surface area contributed by atoms with Crippen molar-refractivity contribution in [2.75, 3.05) is 44.8 Å². The SMILES string of the molecule is NS(=O)(=O)c1ccc(NC(=O)NCc2cccc(OCCN3CCOCC3)c2)cc1. The molecule has 162 valence electrons. The summed E-state index contributed by atoms with van der Waals surface area (Å²) < 4.78 is 33.7. The number of sulfonamides is 1. The predicted octanol–water partition coefficient (Wildman–Crippen LogP) is 1.37. The largest absolute Gasteiger partial charge is 0.492 e. The van der Waals surface area contributed by atoms with E-state index in [4.69, 9.17) is 14.6 Å². The van der Waals surface area contributed by atoms with Crippen molar-refractivity contribution in [2.24, 2.45) is 5.14 Å². The molecule has 0 saturated carbocycles. The van der Waals surface area contributed by atoms with Crippen LogP contribution in [0.3, 0.4) is 0 Å². The molecule has 0 aliphatic carbocycles. The maximum absolute atomic E-state index is 12.1. The molecule has 4 N–H and O–H groups in total.